The third-order valence-electron chi connectivity index (χ3n) is 4.20. The van der Waals surface area contributed by atoms with Crippen LogP contribution < -0.4 is 20.1 Å². The average molecular weight is 383 g/mol. The number of aromatic nitrogens is 1. The Morgan fingerprint density at radius 3 is 2.75 bits per heavy atom. The number of urea groups is 1. The number of nitrogens with one attached hydrogen (secondary N) is 2. The van der Waals surface area contributed by atoms with Crippen molar-refractivity contribution in [3.05, 3.63) is 65.8 Å². The van der Waals surface area contributed by atoms with Crippen LogP contribution in [0.5, 0.6) is 11.5 Å². The molecular weight excluding hydrogens is 365 g/mol. The highest BCUT2D eigenvalue weighted by Crippen LogP contribution is 2.32. The highest BCUT2D eigenvalue weighted by atomic mass is 19.1. The van der Waals surface area contributed by atoms with Crippen LogP contribution in [0.3, 0.4) is 0 Å². The van der Waals surface area contributed by atoms with Gasteiger partial charge in [-0.3, -0.25) is 0 Å². The third-order valence-corrected chi connectivity index (χ3v) is 4.20. The first-order valence-corrected chi connectivity index (χ1v) is 8.78. The zero-order chi connectivity index (χ0) is 19.3. The second-order valence-electron chi connectivity index (χ2n) is 6.20. The number of oxazole rings is 1. The van der Waals surface area contributed by atoms with Crippen LogP contribution in [0.4, 0.5) is 9.18 Å². The van der Waals surface area contributed by atoms with E-state index < -0.39 is 0 Å². The number of fused-ring (bicyclic) bond motifs is 1. The lowest BCUT2D eigenvalue weighted by atomic mass is 10.2. The van der Waals surface area contributed by atoms with Gasteiger partial charge in [-0.25, -0.2) is 14.2 Å². The summed E-state index contributed by atoms with van der Waals surface area (Å²) in [5.74, 6) is 1.50. The second-order valence-corrected chi connectivity index (χ2v) is 6.20. The summed E-state index contributed by atoms with van der Waals surface area (Å²) in [6.45, 7) is 1.00. The molecule has 4 rings (SSSR count). The first-order valence-electron chi connectivity index (χ1n) is 8.78. The Kier molecular flexibility index (Phi) is 5.09. The molecule has 0 saturated carbocycles. The molecule has 2 aromatic carbocycles. The van der Waals surface area contributed by atoms with Crippen LogP contribution in [0.25, 0.3) is 11.5 Å². The van der Waals surface area contributed by atoms with E-state index in [4.69, 9.17) is 13.9 Å². The van der Waals surface area contributed by atoms with Gasteiger partial charge in [0.25, 0.3) is 0 Å². The van der Waals surface area contributed by atoms with E-state index in [0.29, 0.717) is 48.2 Å². The van der Waals surface area contributed by atoms with Crippen molar-refractivity contribution in [3.63, 3.8) is 0 Å². The highest BCUT2D eigenvalue weighted by Gasteiger charge is 2.13. The fourth-order valence-electron chi connectivity index (χ4n) is 2.75. The number of benzene rings is 2. The number of hydrogen-bond donors (Lipinski definition) is 2. The minimum Gasteiger partial charge on any atom is -0.454 e. The Balaban J connectivity index is 1.22. The number of nitrogens with zero attached hydrogens (tertiary/aromatic N) is 1. The fraction of sp³-hybridized carbons (Fsp3) is 0.200. The molecule has 144 valence electrons. The van der Waals surface area contributed by atoms with E-state index in [1.54, 1.807) is 12.1 Å². The van der Waals surface area contributed by atoms with E-state index in [-0.39, 0.29) is 18.6 Å². The zero-order valence-corrected chi connectivity index (χ0v) is 14.9. The molecule has 0 unspecified atom stereocenters. The largest absolute Gasteiger partial charge is 0.454 e. The monoisotopic (exact) mass is 383 g/mol. The van der Waals surface area contributed by atoms with Crippen molar-refractivity contribution in [2.24, 2.45) is 0 Å². The van der Waals surface area contributed by atoms with Crippen molar-refractivity contribution in [2.75, 3.05) is 13.3 Å². The fourth-order valence-corrected chi connectivity index (χ4v) is 2.75. The van der Waals surface area contributed by atoms with Crippen molar-refractivity contribution in [1.29, 1.82) is 0 Å². The molecule has 0 fully saturated rings. The number of ether oxygens (including phenoxy) is 2. The topological polar surface area (TPSA) is 85.6 Å². The van der Waals surface area contributed by atoms with Crippen LogP contribution in [0, 0.1) is 5.82 Å². The van der Waals surface area contributed by atoms with Crippen LogP contribution in [-0.2, 0) is 13.0 Å². The van der Waals surface area contributed by atoms with Gasteiger partial charge in [0.2, 0.25) is 12.7 Å². The van der Waals surface area contributed by atoms with Crippen molar-refractivity contribution in [2.45, 2.75) is 13.0 Å². The number of rotatable bonds is 6. The Morgan fingerprint density at radius 1 is 1.07 bits per heavy atom. The Hall–Kier alpha value is -3.55. The molecule has 0 bridgehead atoms. The molecule has 0 atom stereocenters. The first kappa shape index (κ1) is 17.8. The zero-order valence-electron chi connectivity index (χ0n) is 14.9. The molecule has 28 heavy (non-hydrogen) atoms. The van der Waals surface area contributed by atoms with Gasteiger partial charge in [0.15, 0.2) is 11.5 Å². The van der Waals surface area contributed by atoms with Crippen molar-refractivity contribution in [3.8, 4) is 23.0 Å². The molecule has 1 aliphatic rings. The molecule has 2 heterocycles. The average Bonchev–Trinajstić information content (AvgIpc) is 3.36. The van der Waals surface area contributed by atoms with E-state index in [9.17, 15) is 9.18 Å². The molecule has 0 aliphatic carbocycles. The van der Waals surface area contributed by atoms with Gasteiger partial charge in [0, 0.05) is 25.1 Å². The standard InChI is InChI=1S/C20H18FN3O4/c21-15-4-2-14(3-5-15)19-24-16(11-26-19)7-8-22-20(25)23-10-13-1-6-17-18(9-13)28-12-27-17/h1-6,9,11H,7-8,10,12H2,(H2,22,23,25). The molecule has 1 aromatic heterocycles. The SMILES string of the molecule is O=C(NCCc1coc(-c2ccc(F)cc2)n1)NCc1ccc2c(c1)OCO2. The molecule has 0 spiro atoms. The summed E-state index contributed by atoms with van der Waals surface area (Å²) < 4.78 is 28.9. The molecule has 2 N–H and O–H groups in total. The lowest BCUT2D eigenvalue weighted by molar-refractivity contribution is 0.174. The predicted molar refractivity (Wildman–Crippen MR) is 98.4 cm³/mol. The number of carbonyl (C=O) groups is 1. The van der Waals surface area contributed by atoms with Gasteiger partial charge >= 0.3 is 6.03 Å². The van der Waals surface area contributed by atoms with Crippen LogP contribution in [0.1, 0.15) is 11.3 Å². The van der Waals surface area contributed by atoms with Crippen LogP contribution >= 0.6 is 0 Å². The van der Waals surface area contributed by atoms with E-state index in [1.807, 2.05) is 18.2 Å². The lowest BCUT2D eigenvalue weighted by Gasteiger charge is -2.07. The minimum absolute atomic E-state index is 0.220. The third kappa shape index (κ3) is 4.22. The molecule has 3 aromatic rings. The summed E-state index contributed by atoms with van der Waals surface area (Å²) in [5, 5.41) is 5.56. The number of halogens is 1. The summed E-state index contributed by atoms with van der Waals surface area (Å²) in [5.41, 5.74) is 2.32. The van der Waals surface area contributed by atoms with Gasteiger partial charge in [-0.1, -0.05) is 6.07 Å². The maximum absolute atomic E-state index is 13.0. The van der Waals surface area contributed by atoms with Crippen LogP contribution in [0.2, 0.25) is 0 Å². The molecular formula is C20H18FN3O4. The van der Waals surface area contributed by atoms with Crippen molar-refractivity contribution >= 4 is 6.03 Å². The summed E-state index contributed by atoms with van der Waals surface area (Å²) in [6.07, 6.45) is 2.05. The summed E-state index contributed by atoms with van der Waals surface area (Å²) >= 11 is 0. The number of carbonyl (C=O) groups excluding carboxylic acids is 1. The Morgan fingerprint density at radius 2 is 1.89 bits per heavy atom. The van der Waals surface area contributed by atoms with Crippen LogP contribution in [0.15, 0.2) is 53.1 Å². The van der Waals surface area contributed by atoms with Gasteiger partial charge in [-0.2, -0.15) is 0 Å². The maximum Gasteiger partial charge on any atom is 0.315 e. The van der Waals surface area contributed by atoms with Gasteiger partial charge in [-0.05, 0) is 42.0 Å². The minimum atomic E-state index is -0.313. The summed E-state index contributed by atoms with van der Waals surface area (Å²) in [7, 11) is 0. The van der Waals surface area contributed by atoms with E-state index in [2.05, 4.69) is 15.6 Å². The quantitative estimate of drug-likeness (QED) is 0.683. The number of hydrogen-bond acceptors (Lipinski definition) is 5. The van der Waals surface area contributed by atoms with Crippen molar-refractivity contribution in [1.82, 2.24) is 15.6 Å². The van der Waals surface area contributed by atoms with E-state index in [0.717, 1.165) is 5.56 Å². The molecule has 0 saturated heterocycles. The smallest absolute Gasteiger partial charge is 0.315 e. The molecule has 8 heteroatoms. The summed E-state index contributed by atoms with van der Waals surface area (Å²) in [6, 6.07) is 11.2. The highest BCUT2D eigenvalue weighted by molar-refractivity contribution is 5.73. The normalized spacial score (nSPS) is 12.0. The first-order chi connectivity index (χ1) is 13.7. The van der Waals surface area contributed by atoms with Gasteiger partial charge in [-0.15, -0.1) is 0 Å². The molecule has 1 aliphatic heterocycles. The number of amides is 2. The molecule has 0 radical (unpaired) electrons. The van der Waals surface area contributed by atoms with Gasteiger partial charge in [0.05, 0.1) is 5.69 Å². The Labute approximate surface area is 160 Å². The predicted octanol–water partition coefficient (Wildman–Crippen LogP) is 3.25. The maximum atomic E-state index is 13.0. The lowest BCUT2D eigenvalue weighted by Crippen LogP contribution is -2.36. The van der Waals surface area contributed by atoms with Crippen LogP contribution in [-0.4, -0.2) is 24.4 Å². The Bertz CT molecular complexity index is 972. The van der Waals surface area contributed by atoms with E-state index >= 15 is 0 Å². The second kappa shape index (κ2) is 7.99. The van der Waals surface area contributed by atoms with E-state index in [1.165, 1.54) is 18.4 Å². The summed E-state index contributed by atoms with van der Waals surface area (Å²) in [4.78, 5) is 16.3. The van der Waals surface area contributed by atoms with Gasteiger partial charge < -0.3 is 24.5 Å². The molecule has 2 amide bonds. The molecule has 7 nitrogen and oxygen atoms in total. The van der Waals surface area contributed by atoms with Gasteiger partial charge in [0.1, 0.15) is 12.1 Å². The van der Waals surface area contributed by atoms with Crippen molar-refractivity contribution < 1.29 is 23.1 Å².